The van der Waals surface area contributed by atoms with E-state index in [1.807, 2.05) is 25.1 Å². The molecule has 3 heteroatoms. The van der Waals surface area contributed by atoms with Crippen LogP contribution in [0.5, 0.6) is 0 Å². The molecule has 58 valence electrons. The van der Waals surface area contributed by atoms with E-state index < -0.39 is 0 Å². The molecule has 0 fully saturated rings. The first-order chi connectivity index (χ1) is 5.11. The fourth-order valence-electron chi connectivity index (χ4n) is 0.820. The Bertz CT molecular complexity index is 296. The maximum absolute atomic E-state index is 5.86. The lowest BCUT2D eigenvalue weighted by atomic mass is 10.1. The summed E-state index contributed by atoms with van der Waals surface area (Å²) >= 11 is 10.6. The maximum Gasteiger partial charge on any atom is 0.105 e. The highest BCUT2D eigenvalue weighted by molar-refractivity contribution is 7.80. The molecule has 0 atom stereocenters. The van der Waals surface area contributed by atoms with Gasteiger partial charge in [0.1, 0.15) is 4.99 Å². The van der Waals surface area contributed by atoms with E-state index in [2.05, 4.69) is 0 Å². The molecule has 11 heavy (non-hydrogen) atoms. The molecule has 0 aliphatic carbocycles. The summed E-state index contributed by atoms with van der Waals surface area (Å²) in [5, 5.41) is 0.623. The molecule has 1 rings (SSSR count). The molecule has 0 bridgehead atoms. The quantitative estimate of drug-likeness (QED) is 0.680. The molecular formula is C8H8ClNS. The van der Waals surface area contributed by atoms with E-state index in [1.165, 1.54) is 0 Å². The standard InChI is InChI=1S/C8H8ClNS/c1-5-2-3-6(8(10)11)7(9)4-5/h2-4H,1H3,(H2,10,11). The van der Waals surface area contributed by atoms with Crippen LogP contribution in [0.4, 0.5) is 0 Å². The van der Waals surface area contributed by atoms with Gasteiger partial charge in [-0.25, -0.2) is 0 Å². The number of benzene rings is 1. The SMILES string of the molecule is Cc1ccc(C(N)=S)c(Cl)c1. The van der Waals surface area contributed by atoms with E-state index in [-0.39, 0.29) is 0 Å². The summed E-state index contributed by atoms with van der Waals surface area (Å²) in [5.41, 5.74) is 7.26. The predicted molar refractivity (Wildman–Crippen MR) is 52.1 cm³/mol. The second-order valence-electron chi connectivity index (χ2n) is 2.35. The molecule has 0 spiro atoms. The fraction of sp³-hybridized carbons (Fsp3) is 0.125. The van der Waals surface area contributed by atoms with Crippen molar-refractivity contribution in [1.82, 2.24) is 0 Å². The Balaban J connectivity index is 3.20. The van der Waals surface area contributed by atoms with Crippen LogP contribution in [0, 0.1) is 6.92 Å². The van der Waals surface area contributed by atoms with Crippen molar-refractivity contribution in [3.8, 4) is 0 Å². The molecule has 1 aromatic rings. The van der Waals surface area contributed by atoms with Crippen molar-refractivity contribution < 1.29 is 0 Å². The number of thiocarbonyl (C=S) groups is 1. The van der Waals surface area contributed by atoms with Gasteiger partial charge in [0, 0.05) is 5.56 Å². The number of halogens is 1. The molecule has 0 unspecified atom stereocenters. The van der Waals surface area contributed by atoms with Gasteiger partial charge in [-0.15, -0.1) is 0 Å². The lowest BCUT2D eigenvalue weighted by Gasteiger charge is -2.01. The van der Waals surface area contributed by atoms with Crippen LogP contribution >= 0.6 is 23.8 Å². The van der Waals surface area contributed by atoms with Gasteiger partial charge < -0.3 is 5.73 Å². The van der Waals surface area contributed by atoms with E-state index in [0.29, 0.717) is 10.0 Å². The van der Waals surface area contributed by atoms with E-state index in [0.717, 1.165) is 11.1 Å². The first kappa shape index (κ1) is 8.50. The Labute approximate surface area is 76.2 Å². The predicted octanol–water partition coefficient (Wildman–Crippen LogP) is 2.28. The zero-order valence-electron chi connectivity index (χ0n) is 6.10. The van der Waals surface area contributed by atoms with E-state index in [4.69, 9.17) is 29.6 Å². The van der Waals surface area contributed by atoms with Crippen LogP contribution < -0.4 is 5.73 Å². The minimum absolute atomic E-state index is 0.343. The summed E-state index contributed by atoms with van der Waals surface area (Å²) < 4.78 is 0. The number of rotatable bonds is 1. The zero-order valence-corrected chi connectivity index (χ0v) is 7.67. The van der Waals surface area contributed by atoms with E-state index in [1.54, 1.807) is 0 Å². The topological polar surface area (TPSA) is 26.0 Å². The van der Waals surface area contributed by atoms with Crippen molar-refractivity contribution in [2.45, 2.75) is 6.92 Å². The largest absolute Gasteiger partial charge is 0.389 e. The third kappa shape index (κ3) is 1.91. The third-order valence-electron chi connectivity index (χ3n) is 1.39. The lowest BCUT2D eigenvalue weighted by Crippen LogP contribution is -2.09. The Hall–Kier alpha value is -0.600. The van der Waals surface area contributed by atoms with Crippen molar-refractivity contribution in [3.63, 3.8) is 0 Å². The highest BCUT2D eigenvalue weighted by atomic mass is 35.5. The monoisotopic (exact) mass is 185 g/mol. The lowest BCUT2D eigenvalue weighted by molar-refractivity contribution is 1.46. The van der Waals surface area contributed by atoms with Crippen molar-refractivity contribution >= 4 is 28.8 Å². The number of hydrogen-bond acceptors (Lipinski definition) is 1. The van der Waals surface area contributed by atoms with Gasteiger partial charge in [0.25, 0.3) is 0 Å². The summed E-state index contributed by atoms with van der Waals surface area (Å²) in [7, 11) is 0. The van der Waals surface area contributed by atoms with Crippen LogP contribution in [-0.4, -0.2) is 4.99 Å². The van der Waals surface area contributed by atoms with Crippen LogP contribution in [0.1, 0.15) is 11.1 Å². The van der Waals surface area contributed by atoms with Crippen molar-refractivity contribution in [2.75, 3.05) is 0 Å². The number of aryl methyl sites for hydroxylation is 1. The van der Waals surface area contributed by atoms with E-state index in [9.17, 15) is 0 Å². The highest BCUT2D eigenvalue weighted by Crippen LogP contribution is 2.16. The normalized spacial score (nSPS) is 9.64. The summed E-state index contributed by atoms with van der Waals surface area (Å²) in [6.45, 7) is 1.97. The molecule has 0 amide bonds. The molecule has 0 radical (unpaired) electrons. The summed E-state index contributed by atoms with van der Waals surface area (Å²) in [6, 6.07) is 5.61. The molecule has 0 aromatic heterocycles. The van der Waals surface area contributed by atoms with Gasteiger partial charge in [0.2, 0.25) is 0 Å². The molecular weight excluding hydrogens is 178 g/mol. The van der Waals surface area contributed by atoms with Gasteiger partial charge in [0.15, 0.2) is 0 Å². The van der Waals surface area contributed by atoms with Gasteiger partial charge in [-0.2, -0.15) is 0 Å². The fourth-order valence-corrected chi connectivity index (χ4v) is 1.39. The van der Waals surface area contributed by atoms with Gasteiger partial charge >= 0.3 is 0 Å². The maximum atomic E-state index is 5.86. The highest BCUT2D eigenvalue weighted by Gasteiger charge is 2.01. The van der Waals surface area contributed by atoms with Crippen LogP contribution in [0.15, 0.2) is 18.2 Å². The Morgan fingerprint density at radius 1 is 1.55 bits per heavy atom. The first-order valence-corrected chi connectivity index (χ1v) is 3.96. The smallest absolute Gasteiger partial charge is 0.105 e. The second-order valence-corrected chi connectivity index (χ2v) is 3.19. The average Bonchev–Trinajstić information content (AvgIpc) is 1.85. The van der Waals surface area contributed by atoms with Crippen molar-refractivity contribution in [3.05, 3.63) is 34.3 Å². The van der Waals surface area contributed by atoms with E-state index >= 15 is 0 Å². The van der Waals surface area contributed by atoms with Crippen LogP contribution in [-0.2, 0) is 0 Å². The molecule has 0 saturated heterocycles. The van der Waals surface area contributed by atoms with Crippen LogP contribution in [0.3, 0.4) is 0 Å². The van der Waals surface area contributed by atoms with Crippen LogP contribution in [0.2, 0.25) is 5.02 Å². The van der Waals surface area contributed by atoms with Gasteiger partial charge in [-0.3, -0.25) is 0 Å². The van der Waals surface area contributed by atoms with Gasteiger partial charge in [-0.05, 0) is 18.6 Å². The Morgan fingerprint density at radius 2 is 2.18 bits per heavy atom. The zero-order chi connectivity index (χ0) is 8.43. The van der Waals surface area contributed by atoms with Gasteiger partial charge in [-0.1, -0.05) is 36.0 Å². The average molecular weight is 186 g/mol. The molecule has 1 nitrogen and oxygen atoms in total. The second kappa shape index (κ2) is 3.20. The number of hydrogen-bond donors (Lipinski definition) is 1. The van der Waals surface area contributed by atoms with Gasteiger partial charge in [0.05, 0.1) is 5.02 Å². The minimum atomic E-state index is 0.343. The molecule has 0 saturated carbocycles. The molecule has 2 N–H and O–H groups in total. The summed E-state index contributed by atoms with van der Waals surface area (Å²) in [5.74, 6) is 0. The minimum Gasteiger partial charge on any atom is -0.389 e. The molecule has 0 aliphatic heterocycles. The molecule has 0 aliphatic rings. The van der Waals surface area contributed by atoms with Crippen molar-refractivity contribution in [2.24, 2.45) is 5.73 Å². The first-order valence-electron chi connectivity index (χ1n) is 3.17. The summed E-state index contributed by atoms with van der Waals surface area (Å²) in [4.78, 5) is 0.343. The molecule has 1 aromatic carbocycles. The van der Waals surface area contributed by atoms with Crippen molar-refractivity contribution in [1.29, 1.82) is 0 Å². The number of nitrogens with two attached hydrogens (primary N) is 1. The third-order valence-corrected chi connectivity index (χ3v) is 1.92. The Morgan fingerprint density at radius 3 is 2.64 bits per heavy atom. The molecule has 0 heterocycles. The Kier molecular flexibility index (Phi) is 2.47. The van der Waals surface area contributed by atoms with Crippen LogP contribution in [0.25, 0.3) is 0 Å². The summed E-state index contributed by atoms with van der Waals surface area (Å²) in [6.07, 6.45) is 0.